The standard InChI is InChI=1S/C30H26N2O2/c1-30(2,3)21-12-9-20(10-13-21)29-32-25-17-22(14-16-26(25)34-29)31-28(33)24-15-11-19-8-7-18-5-4-6-23(24)27(18)19/h4-6,9-17H,7-8H2,1-3H3,(H,31,33). The molecule has 4 heteroatoms. The third kappa shape index (κ3) is 3.47. The molecule has 1 heterocycles. The summed E-state index contributed by atoms with van der Waals surface area (Å²) in [7, 11) is 0. The number of hydrogen-bond donors (Lipinski definition) is 1. The summed E-state index contributed by atoms with van der Waals surface area (Å²) in [6.07, 6.45) is 2.09. The highest BCUT2D eigenvalue weighted by atomic mass is 16.3. The number of benzene rings is 4. The average Bonchev–Trinajstić information content (AvgIpc) is 3.44. The lowest BCUT2D eigenvalue weighted by Gasteiger charge is -2.18. The first-order chi connectivity index (χ1) is 16.4. The average molecular weight is 447 g/mol. The molecular formula is C30H26N2O2. The fourth-order valence-electron chi connectivity index (χ4n) is 4.88. The summed E-state index contributed by atoms with van der Waals surface area (Å²) in [5.74, 6) is 0.461. The second-order valence-electron chi connectivity index (χ2n) is 10.1. The summed E-state index contributed by atoms with van der Waals surface area (Å²) in [6.45, 7) is 6.59. The van der Waals surface area contributed by atoms with Gasteiger partial charge in [-0.25, -0.2) is 4.98 Å². The summed E-state index contributed by atoms with van der Waals surface area (Å²) >= 11 is 0. The van der Waals surface area contributed by atoms with Crippen LogP contribution in [0.3, 0.4) is 0 Å². The molecule has 0 saturated heterocycles. The van der Waals surface area contributed by atoms with Crippen LogP contribution in [0.25, 0.3) is 33.3 Å². The van der Waals surface area contributed by atoms with Gasteiger partial charge in [0.25, 0.3) is 5.91 Å². The maximum atomic E-state index is 13.2. The first kappa shape index (κ1) is 20.7. The molecule has 0 bridgehead atoms. The number of aryl methyl sites for hydroxylation is 2. The van der Waals surface area contributed by atoms with Gasteiger partial charge >= 0.3 is 0 Å². The van der Waals surface area contributed by atoms with Crippen molar-refractivity contribution in [3.8, 4) is 11.5 Å². The van der Waals surface area contributed by atoms with Crippen LogP contribution in [0.1, 0.15) is 47.8 Å². The Morgan fingerprint density at radius 3 is 2.44 bits per heavy atom. The predicted molar refractivity (Wildman–Crippen MR) is 137 cm³/mol. The highest BCUT2D eigenvalue weighted by molar-refractivity contribution is 6.14. The number of nitrogens with one attached hydrogen (secondary N) is 1. The highest BCUT2D eigenvalue weighted by Gasteiger charge is 2.19. The van der Waals surface area contributed by atoms with Crippen LogP contribution in [0.15, 0.2) is 77.2 Å². The van der Waals surface area contributed by atoms with Crippen molar-refractivity contribution in [3.63, 3.8) is 0 Å². The topological polar surface area (TPSA) is 55.1 Å². The van der Waals surface area contributed by atoms with Crippen LogP contribution in [0.2, 0.25) is 0 Å². The molecule has 0 unspecified atom stereocenters. The van der Waals surface area contributed by atoms with Gasteiger partial charge in [0.2, 0.25) is 5.89 Å². The van der Waals surface area contributed by atoms with E-state index in [9.17, 15) is 4.79 Å². The van der Waals surface area contributed by atoms with Crippen LogP contribution < -0.4 is 5.32 Å². The third-order valence-corrected chi connectivity index (χ3v) is 6.76. The van der Waals surface area contributed by atoms with E-state index in [2.05, 4.69) is 55.3 Å². The van der Waals surface area contributed by atoms with E-state index in [1.807, 2.05) is 48.5 Å². The minimum atomic E-state index is -0.114. The molecule has 0 spiro atoms. The van der Waals surface area contributed by atoms with Gasteiger partial charge in [-0.3, -0.25) is 4.79 Å². The number of nitrogens with zero attached hydrogens (tertiary/aromatic N) is 1. The largest absolute Gasteiger partial charge is 0.436 e. The Bertz CT molecular complexity index is 1560. The monoisotopic (exact) mass is 446 g/mol. The zero-order valence-corrected chi connectivity index (χ0v) is 19.6. The molecule has 1 amide bonds. The van der Waals surface area contributed by atoms with E-state index in [-0.39, 0.29) is 11.3 Å². The van der Waals surface area contributed by atoms with Gasteiger partial charge in [0, 0.05) is 16.8 Å². The lowest BCUT2D eigenvalue weighted by atomic mass is 9.87. The number of amides is 1. The minimum absolute atomic E-state index is 0.0951. The number of carbonyl (C=O) groups is 1. The highest BCUT2D eigenvalue weighted by Crippen LogP contribution is 2.33. The normalized spacial score (nSPS) is 13.0. The maximum Gasteiger partial charge on any atom is 0.256 e. The molecule has 5 aromatic rings. The summed E-state index contributed by atoms with van der Waals surface area (Å²) < 4.78 is 5.99. The Hall–Kier alpha value is -3.92. The summed E-state index contributed by atoms with van der Waals surface area (Å²) in [4.78, 5) is 17.9. The van der Waals surface area contributed by atoms with Crippen LogP contribution >= 0.6 is 0 Å². The second kappa shape index (κ2) is 7.56. The molecule has 6 rings (SSSR count). The van der Waals surface area contributed by atoms with Crippen molar-refractivity contribution in [2.24, 2.45) is 0 Å². The SMILES string of the molecule is CC(C)(C)c1ccc(-c2nc3cc(NC(=O)c4ccc5c6c(cccc46)CC5)ccc3o2)cc1. The Labute approximate surface area is 198 Å². The van der Waals surface area contributed by atoms with Gasteiger partial charge in [0.15, 0.2) is 5.58 Å². The quantitative estimate of drug-likeness (QED) is 0.316. The van der Waals surface area contributed by atoms with Crippen molar-refractivity contribution < 1.29 is 9.21 Å². The number of rotatable bonds is 3. The van der Waals surface area contributed by atoms with Crippen molar-refractivity contribution >= 4 is 33.5 Å². The van der Waals surface area contributed by atoms with E-state index in [0.717, 1.165) is 23.8 Å². The Morgan fingerprint density at radius 1 is 0.912 bits per heavy atom. The molecule has 1 aromatic heterocycles. The Morgan fingerprint density at radius 2 is 1.68 bits per heavy atom. The summed E-state index contributed by atoms with van der Waals surface area (Å²) in [5.41, 5.74) is 7.75. The van der Waals surface area contributed by atoms with Crippen LogP contribution in [0, 0.1) is 0 Å². The zero-order valence-electron chi connectivity index (χ0n) is 19.6. The lowest BCUT2D eigenvalue weighted by Crippen LogP contribution is -2.12. The number of oxazole rings is 1. The second-order valence-corrected chi connectivity index (χ2v) is 10.1. The molecule has 0 saturated carbocycles. The first-order valence-electron chi connectivity index (χ1n) is 11.7. The van der Waals surface area contributed by atoms with E-state index in [1.165, 1.54) is 22.1 Å². The smallest absolute Gasteiger partial charge is 0.256 e. The van der Waals surface area contributed by atoms with Gasteiger partial charge in [-0.2, -0.15) is 0 Å². The van der Waals surface area contributed by atoms with Crippen LogP contribution in [-0.2, 0) is 18.3 Å². The van der Waals surface area contributed by atoms with Gasteiger partial charge < -0.3 is 9.73 Å². The molecule has 4 aromatic carbocycles. The molecule has 0 atom stereocenters. The molecule has 0 fully saturated rings. The molecular weight excluding hydrogens is 420 g/mol. The van der Waals surface area contributed by atoms with E-state index in [0.29, 0.717) is 28.2 Å². The summed E-state index contributed by atoms with van der Waals surface area (Å²) in [6, 6.07) is 24.2. The predicted octanol–water partition coefficient (Wildman–Crippen LogP) is 7.30. The first-order valence-corrected chi connectivity index (χ1v) is 11.7. The fraction of sp³-hybridized carbons (Fsp3) is 0.200. The Balaban J connectivity index is 1.29. The van der Waals surface area contributed by atoms with Crippen LogP contribution in [-0.4, -0.2) is 10.9 Å². The Kier molecular flexibility index (Phi) is 4.59. The van der Waals surface area contributed by atoms with Gasteiger partial charge in [0.1, 0.15) is 5.52 Å². The molecule has 0 radical (unpaired) electrons. The van der Waals surface area contributed by atoms with Crippen molar-refractivity contribution in [1.82, 2.24) is 4.98 Å². The number of fused-ring (bicyclic) bond motifs is 1. The molecule has 4 nitrogen and oxygen atoms in total. The fourth-order valence-corrected chi connectivity index (χ4v) is 4.88. The molecule has 34 heavy (non-hydrogen) atoms. The van der Waals surface area contributed by atoms with Crippen molar-refractivity contribution in [2.45, 2.75) is 39.0 Å². The van der Waals surface area contributed by atoms with Crippen LogP contribution in [0.5, 0.6) is 0 Å². The van der Waals surface area contributed by atoms with Crippen LogP contribution in [0.4, 0.5) is 5.69 Å². The van der Waals surface area contributed by atoms with E-state index >= 15 is 0 Å². The van der Waals surface area contributed by atoms with Crippen molar-refractivity contribution in [3.05, 3.63) is 95.1 Å². The maximum absolute atomic E-state index is 13.2. The molecule has 1 N–H and O–H groups in total. The van der Waals surface area contributed by atoms with E-state index in [4.69, 9.17) is 4.42 Å². The number of carbonyl (C=O) groups excluding carboxylic acids is 1. The zero-order chi connectivity index (χ0) is 23.4. The molecule has 0 aliphatic heterocycles. The van der Waals surface area contributed by atoms with Gasteiger partial charge in [-0.05, 0) is 82.1 Å². The number of hydrogen-bond acceptors (Lipinski definition) is 3. The molecule has 168 valence electrons. The molecule has 1 aliphatic rings. The lowest BCUT2D eigenvalue weighted by molar-refractivity contribution is 0.102. The van der Waals surface area contributed by atoms with Gasteiger partial charge in [-0.15, -0.1) is 0 Å². The number of anilines is 1. The van der Waals surface area contributed by atoms with E-state index in [1.54, 1.807) is 0 Å². The molecule has 1 aliphatic carbocycles. The van der Waals surface area contributed by atoms with Gasteiger partial charge in [-0.1, -0.05) is 57.2 Å². The summed E-state index contributed by atoms with van der Waals surface area (Å²) in [5, 5.41) is 5.32. The van der Waals surface area contributed by atoms with E-state index < -0.39 is 0 Å². The van der Waals surface area contributed by atoms with Crippen molar-refractivity contribution in [1.29, 1.82) is 0 Å². The van der Waals surface area contributed by atoms with Crippen molar-refractivity contribution in [2.75, 3.05) is 5.32 Å². The third-order valence-electron chi connectivity index (χ3n) is 6.76. The minimum Gasteiger partial charge on any atom is -0.436 e. The number of aromatic nitrogens is 1. The van der Waals surface area contributed by atoms with Gasteiger partial charge in [0.05, 0.1) is 0 Å².